The topological polar surface area (TPSA) is 105 Å². The Morgan fingerprint density at radius 2 is 1.63 bits per heavy atom. The molecule has 0 heterocycles. The van der Waals surface area contributed by atoms with Gasteiger partial charge in [0, 0.05) is 5.02 Å². The summed E-state index contributed by atoms with van der Waals surface area (Å²) in [7, 11) is 0. The number of nitrogens with one attached hydrogen (secondary N) is 2. The van der Waals surface area contributed by atoms with Crippen molar-refractivity contribution in [3.8, 4) is 5.75 Å². The van der Waals surface area contributed by atoms with Gasteiger partial charge >= 0.3 is 5.97 Å². The third-order valence-electron chi connectivity index (χ3n) is 6.11. The standard InChI is InChI=1S/C22H27ClN2O5/c1-10(2)17-14-5-6-15(17)19(22(28)29)18(14)21(27)25-24-16(26)9-30-13-7-11(3)20(23)12(4)8-13/h7-8,14-15,18-19H,5-6,9H2,1-4H3,(H,24,26)(H,25,27)(H,28,29)/t14-,15-,18+,19+/m0/s1. The highest BCUT2D eigenvalue weighted by atomic mass is 35.5. The maximum Gasteiger partial charge on any atom is 0.307 e. The molecular weight excluding hydrogens is 408 g/mol. The third kappa shape index (κ3) is 4.17. The largest absolute Gasteiger partial charge is 0.484 e. The molecule has 0 radical (unpaired) electrons. The van der Waals surface area contributed by atoms with Gasteiger partial charge in [0.05, 0.1) is 11.8 Å². The van der Waals surface area contributed by atoms with Crippen LogP contribution in [0.25, 0.3) is 0 Å². The van der Waals surface area contributed by atoms with Gasteiger partial charge in [-0.05, 0) is 75.6 Å². The number of aliphatic carboxylic acids is 1. The van der Waals surface area contributed by atoms with E-state index in [1.165, 1.54) is 0 Å². The molecule has 1 aromatic carbocycles. The van der Waals surface area contributed by atoms with E-state index >= 15 is 0 Å². The summed E-state index contributed by atoms with van der Waals surface area (Å²) < 4.78 is 5.48. The molecule has 0 aromatic heterocycles. The number of halogens is 1. The quantitative estimate of drug-likeness (QED) is 0.487. The highest BCUT2D eigenvalue weighted by Gasteiger charge is 2.57. The average Bonchev–Trinajstić information content (AvgIpc) is 3.25. The van der Waals surface area contributed by atoms with Crippen molar-refractivity contribution >= 4 is 29.4 Å². The Bertz CT molecular complexity index is 899. The number of allylic oxidation sites excluding steroid dienone is 2. The van der Waals surface area contributed by atoms with E-state index in [0.29, 0.717) is 10.8 Å². The van der Waals surface area contributed by atoms with Crippen molar-refractivity contribution in [2.75, 3.05) is 6.61 Å². The van der Waals surface area contributed by atoms with Crippen LogP contribution in [0, 0.1) is 37.5 Å². The first-order valence-electron chi connectivity index (χ1n) is 10.00. The smallest absolute Gasteiger partial charge is 0.307 e. The van der Waals surface area contributed by atoms with Gasteiger partial charge in [0.2, 0.25) is 5.91 Å². The summed E-state index contributed by atoms with van der Waals surface area (Å²) in [6, 6.07) is 3.46. The summed E-state index contributed by atoms with van der Waals surface area (Å²) in [5.41, 5.74) is 8.58. The number of carbonyl (C=O) groups is 3. The number of hydrazine groups is 1. The van der Waals surface area contributed by atoms with Crippen LogP contribution in [0.5, 0.6) is 5.75 Å². The molecule has 2 saturated carbocycles. The van der Waals surface area contributed by atoms with Crippen LogP contribution in [0.1, 0.15) is 37.8 Å². The molecule has 8 heteroatoms. The van der Waals surface area contributed by atoms with Gasteiger partial charge in [0.1, 0.15) is 5.75 Å². The summed E-state index contributed by atoms with van der Waals surface area (Å²) in [5, 5.41) is 10.3. The highest BCUT2D eigenvalue weighted by Crippen LogP contribution is 2.57. The molecule has 2 amide bonds. The number of aryl methyl sites for hydroxylation is 2. The Morgan fingerprint density at radius 1 is 1.07 bits per heavy atom. The fourth-order valence-electron chi connectivity index (χ4n) is 4.99. The van der Waals surface area contributed by atoms with E-state index in [1.807, 2.05) is 27.7 Å². The summed E-state index contributed by atoms with van der Waals surface area (Å²) in [5.74, 6) is -3.12. The fourth-order valence-corrected chi connectivity index (χ4v) is 5.10. The number of carboxylic acid groups (broad SMARTS) is 1. The minimum atomic E-state index is -0.968. The first-order chi connectivity index (χ1) is 14.1. The number of fused-ring (bicyclic) bond motifs is 2. The Kier molecular flexibility index (Phi) is 6.41. The molecule has 162 valence electrons. The van der Waals surface area contributed by atoms with Gasteiger partial charge in [-0.25, -0.2) is 0 Å². The van der Waals surface area contributed by atoms with Crippen molar-refractivity contribution in [3.63, 3.8) is 0 Å². The Balaban J connectivity index is 1.59. The van der Waals surface area contributed by atoms with E-state index in [-0.39, 0.29) is 18.4 Å². The average molecular weight is 435 g/mol. The van der Waals surface area contributed by atoms with Gasteiger partial charge in [0.15, 0.2) is 6.61 Å². The molecule has 0 unspecified atom stereocenters. The van der Waals surface area contributed by atoms with Crippen LogP contribution in [-0.2, 0) is 14.4 Å². The van der Waals surface area contributed by atoms with Crippen LogP contribution >= 0.6 is 11.6 Å². The lowest BCUT2D eigenvalue weighted by Crippen LogP contribution is -2.49. The molecule has 1 aromatic rings. The monoisotopic (exact) mass is 434 g/mol. The normalized spacial score (nSPS) is 24.5. The van der Waals surface area contributed by atoms with E-state index in [2.05, 4.69) is 10.9 Å². The lowest BCUT2D eigenvalue weighted by molar-refractivity contribution is -0.150. The van der Waals surface area contributed by atoms with Crippen molar-refractivity contribution in [3.05, 3.63) is 39.4 Å². The Hall–Kier alpha value is -2.54. The second-order valence-electron chi connectivity index (χ2n) is 8.33. The number of carboxylic acids is 1. The molecule has 7 nitrogen and oxygen atoms in total. The number of hydrogen-bond acceptors (Lipinski definition) is 4. The van der Waals surface area contributed by atoms with Gasteiger partial charge in [0.25, 0.3) is 5.91 Å². The van der Waals surface area contributed by atoms with Gasteiger partial charge in [-0.1, -0.05) is 22.7 Å². The van der Waals surface area contributed by atoms with Crippen LogP contribution in [0.2, 0.25) is 5.02 Å². The van der Waals surface area contributed by atoms with Crippen LogP contribution in [-0.4, -0.2) is 29.5 Å². The van der Waals surface area contributed by atoms with Gasteiger partial charge in [-0.15, -0.1) is 0 Å². The number of rotatable bonds is 5. The maximum atomic E-state index is 12.8. The lowest BCUT2D eigenvalue weighted by atomic mass is 9.79. The maximum absolute atomic E-state index is 12.8. The van der Waals surface area contributed by atoms with Crippen molar-refractivity contribution in [2.24, 2.45) is 23.7 Å². The minimum absolute atomic E-state index is 0.0886. The Morgan fingerprint density at radius 3 is 2.17 bits per heavy atom. The van der Waals surface area contributed by atoms with Crippen molar-refractivity contribution in [1.29, 1.82) is 0 Å². The van der Waals surface area contributed by atoms with Crippen LogP contribution in [0.4, 0.5) is 0 Å². The highest BCUT2D eigenvalue weighted by molar-refractivity contribution is 6.32. The number of amides is 2. The number of benzene rings is 1. The zero-order valence-electron chi connectivity index (χ0n) is 17.5. The van der Waals surface area contributed by atoms with Crippen molar-refractivity contribution in [2.45, 2.75) is 40.5 Å². The molecule has 2 bridgehead atoms. The number of hydrogen-bond donors (Lipinski definition) is 3. The number of ether oxygens (including phenoxy) is 1. The molecule has 0 saturated heterocycles. The van der Waals surface area contributed by atoms with Crippen LogP contribution in [0.15, 0.2) is 23.3 Å². The summed E-state index contributed by atoms with van der Waals surface area (Å²) in [6.45, 7) is 7.31. The first-order valence-corrected chi connectivity index (χ1v) is 10.4. The predicted molar refractivity (Wildman–Crippen MR) is 112 cm³/mol. The molecule has 4 atom stereocenters. The van der Waals surface area contributed by atoms with E-state index in [4.69, 9.17) is 16.3 Å². The van der Waals surface area contributed by atoms with Gasteiger partial charge in [-0.2, -0.15) is 0 Å². The molecule has 0 aliphatic heterocycles. The molecule has 3 N–H and O–H groups in total. The summed E-state index contributed by atoms with van der Waals surface area (Å²) >= 11 is 6.12. The van der Waals surface area contributed by atoms with E-state index in [1.54, 1.807) is 12.1 Å². The predicted octanol–water partition coefficient (Wildman–Crippen LogP) is 3.18. The molecule has 30 heavy (non-hydrogen) atoms. The third-order valence-corrected chi connectivity index (χ3v) is 6.71. The van der Waals surface area contributed by atoms with Gasteiger partial charge < -0.3 is 9.84 Å². The zero-order valence-corrected chi connectivity index (χ0v) is 18.3. The second-order valence-corrected chi connectivity index (χ2v) is 8.71. The van der Waals surface area contributed by atoms with Crippen LogP contribution < -0.4 is 15.6 Å². The Labute approximate surface area is 180 Å². The van der Waals surface area contributed by atoms with E-state index in [0.717, 1.165) is 35.1 Å². The SMILES string of the molecule is CC(C)=C1[C@@H]2CC[C@@H]1[C@@H](C(=O)NNC(=O)COc1cc(C)c(Cl)c(C)c1)[C@@H]2C(=O)O. The zero-order chi connectivity index (χ0) is 22.2. The lowest BCUT2D eigenvalue weighted by Gasteiger charge is -2.26. The molecule has 3 rings (SSSR count). The van der Waals surface area contributed by atoms with Gasteiger partial charge in [-0.3, -0.25) is 25.2 Å². The first kappa shape index (κ1) is 22.2. The second kappa shape index (κ2) is 8.68. The number of carbonyl (C=O) groups excluding carboxylic acids is 2. The van der Waals surface area contributed by atoms with E-state index < -0.39 is 29.6 Å². The molecule has 2 aliphatic carbocycles. The summed E-state index contributed by atoms with van der Waals surface area (Å²) in [6.07, 6.45) is 1.57. The minimum Gasteiger partial charge on any atom is -0.484 e. The summed E-state index contributed by atoms with van der Waals surface area (Å²) in [4.78, 5) is 36.7. The molecular formula is C22H27ClN2O5. The van der Waals surface area contributed by atoms with Crippen molar-refractivity contribution < 1.29 is 24.2 Å². The molecule has 2 fully saturated rings. The molecule has 0 spiro atoms. The fraction of sp³-hybridized carbons (Fsp3) is 0.500. The van der Waals surface area contributed by atoms with Crippen LogP contribution in [0.3, 0.4) is 0 Å². The van der Waals surface area contributed by atoms with Crippen molar-refractivity contribution in [1.82, 2.24) is 10.9 Å². The molecule has 2 aliphatic rings. The van der Waals surface area contributed by atoms with E-state index in [9.17, 15) is 19.5 Å².